The fourth-order valence-electron chi connectivity index (χ4n) is 3.73. The molecule has 0 spiro atoms. The highest BCUT2D eigenvalue weighted by molar-refractivity contribution is 6.30. The molecule has 0 unspecified atom stereocenters. The number of ether oxygens (including phenoxy) is 2. The van der Waals surface area contributed by atoms with E-state index in [2.05, 4.69) is 0 Å². The maximum absolute atomic E-state index is 6.19. The predicted octanol–water partition coefficient (Wildman–Crippen LogP) is 3.36. The van der Waals surface area contributed by atoms with E-state index in [1.54, 1.807) is 4.90 Å². The summed E-state index contributed by atoms with van der Waals surface area (Å²) in [6, 6.07) is 15.6. The van der Waals surface area contributed by atoms with Crippen LogP contribution in [0.5, 0.6) is 5.75 Å². The summed E-state index contributed by atoms with van der Waals surface area (Å²) in [5.74, 6) is 1.61. The molecule has 4 rings (SSSR count). The van der Waals surface area contributed by atoms with Gasteiger partial charge in [0.25, 0.3) is 0 Å². The van der Waals surface area contributed by atoms with Gasteiger partial charge in [0.05, 0.1) is 31.7 Å². The Morgan fingerprint density at radius 1 is 1.07 bits per heavy atom. The Bertz CT molecular complexity index is 1040. The van der Waals surface area contributed by atoms with Gasteiger partial charge in [0.1, 0.15) is 30.2 Å². The van der Waals surface area contributed by atoms with E-state index in [1.807, 2.05) is 55.5 Å². The Morgan fingerprint density at radius 3 is 2.63 bits per heavy atom. The van der Waals surface area contributed by atoms with Crippen molar-refractivity contribution in [1.29, 1.82) is 0 Å². The zero-order valence-electron chi connectivity index (χ0n) is 17.3. The van der Waals surface area contributed by atoms with Crippen molar-refractivity contribution in [1.82, 2.24) is 0 Å². The molecule has 1 saturated heterocycles. The number of nitrogens with one attached hydrogen (secondary N) is 1. The molecule has 1 N–H and O–H groups in total. The minimum atomic E-state index is 0.625. The number of halogens is 1. The van der Waals surface area contributed by atoms with Crippen molar-refractivity contribution in [2.45, 2.75) is 13.3 Å². The summed E-state index contributed by atoms with van der Waals surface area (Å²) in [5, 5.41) is 2.61. The van der Waals surface area contributed by atoms with Crippen molar-refractivity contribution >= 4 is 22.6 Å². The normalized spacial score (nSPS) is 15.6. The SMILES string of the molecule is CCOc1ccc2oc(-c3ccc(Cl)cc3)cc(=NCCC[NH+]3CCOCC3)c2c1. The lowest BCUT2D eigenvalue weighted by atomic mass is 10.1. The first-order valence-electron chi connectivity index (χ1n) is 10.6. The van der Waals surface area contributed by atoms with Gasteiger partial charge in [-0.2, -0.15) is 0 Å². The molecule has 1 aliphatic heterocycles. The number of nitrogens with zero attached hydrogens (tertiary/aromatic N) is 1. The van der Waals surface area contributed by atoms with Crippen LogP contribution in [0.15, 0.2) is 57.9 Å². The molecule has 0 aliphatic carbocycles. The molecule has 2 aromatic carbocycles. The molecule has 1 aromatic heterocycles. The first-order chi connectivity index (χ1) is 14.7. The van der Waals surface area contributed by atoms with E-state index < -0.39 is 0 Å². The second kappa shape index (κ2) is 10.1. The van der Waals surface area contributed by atoms with Crippen LogP contribution in [0.4, 0.5) is 0 Å². The maximum atomic E-state index is 6.19. The van der Waals surface area contributed by atoms with Crippen molar-refractivity contribution in [3.8, 4) is 17.1 Å². The third-order valence-electron chi connectivity index (χ3n) is 5.32. The Hall–Kier alpha value is -2.34. The summed E-state index contributed by atoms with van der Waals surface area (Å²) >= 11 is 6.05. The highest BCUT2D eigenvalue weighted by Crippen LogP contribution is 2.25. The average molecular weight is 428 g/mol. The van der Waals surface area contributed by atoms with Gasteiger partial charge in [-0.25, -0.2) is 0 Å². The van der Waals surface area contributed by atoms with Gasteiger partial charge >= 0.3 is 0 Å². The van der Waals surface area contributed by atoms with Crippen molar-refractivity contribution in [2.75, 3.05) is 46.0 Å². The maximum Gasteiger partial charge on any atom is 0.137 e. The number of rotatable bonds is 7. The number of hydrogen-bond donors (Lipinski definition) is 1. The number of benzene rings is 2. The quantitative estimate of drug-likeness (QED) is 0.588. The number of hydrogen-bond acceptors (Lipinski definition) is 4. The molecule has 0 radical (unpaired) electrons. The number of morpholine rings is 1. The fourth-order valence-corrected chi connectivity index (χ4v) is 3.86. The van der Waals surface area contributed by atoms with Gasteiger partial charge in [-0.15, -0.1) is 0 Å². The average Bonchev–Trinajstić information content (AvgIpc) is 2.78. The van der Waals surface area contributed by atoms with Crippen LogP contribution in [0.2, 0.25) is 5.02 Å². The molecule has 30 heavy (non-hydrogen) atoms. The zero-order valence-corrected chi connectivity index (χ0v) is 18.1. The molecule has 0 bridgehead atoms. The molecule has 1 aliphatic rings. The van der Waals surface area contributed by atoms with Crippen molar-refractivity contribution in [3.05, 3.63) is 58.9 Å². The largest absolute Gasteiger partial charge is 0.494 e. The lowest BCUT2D eigenvalue weighted by molar-refractivity contribution is -0.908. The molecule has 2 heterocycles. The standard InChI is InChI=1S/C24H27ClN2O3/c1-2-29-20-8-9-23-21(16-20)22(26-10-3-11-27-12-14-28-15-13-27)17-24(30-23)18-4-6-19(25)7-5-18/h4-9,16-17H,2-3,10-15H2,1H3/p+1. The smallest absolute Gasteiger partial charge is 0.137 e. The summed E-state index contributed by atoms with van der Waals surface area (Å²) < 4.78 is 17.3. The zero-order chi connectivity index (χ0) is 20.8. The molecule has 158 valence electrons. The summed E-state index contributed by atoms with van der Waals surface area (Å²) in [6.07, 6.45) is 1.05. The van der Waals surface area contributed by atoms with Gasteiger partial charge < -0.3 is 18.8 Å². The van der Waals surface area contributed by atoms with E-state index in [1.165, 1.54) is 0 Å². The minimum absolute atomic E-state index is 0.625. The van der Waals surface area contributed by atoms with Gasteiger partial charge in [0, 0.05) is 35.0 Å². The van der Waals surface area contributed by atoms with E-state index in [9.17, 15) is 0 Å². The third kappa shape index (κ3) is 5.22. The van der Waals surface area contributed by atoms with Crippen LogP contribution in [0, 0.1) is 0 Å². The van der Waals surface area contributed by atoms with Crippen LogP contribution >= 0.6 is 11.6 Å². The van der Waals surface area contributed by atoms with E-state index in [-0.39, 0.29) is 0 Å². The Morgan fingerprint density at radius 2 is 1.87 bits per heavy atom. The van der Waals surface area contributed by atoms with E-state index in [4.69, 9.17) is 30.5 Å². The number of quaternary nitrogens is 1. The molecule has 6 heteroatoms. The van der Waals surface area contributed by atoms with Crippen LogP contribution in [-0.4, -0.2) is 46.0 Å². The molecule has 1 fully saturated rings. The molecule has 3 aromatic rings. The summed E-state index contributed by atoms with van der Waals surface area (Å²) in [5.41, 5.74) is 1.77. The van der Waals surface area contributed by atoms with Crippen molar-refractivity contribution in [3.63, 3.8) is 0 Å². The topological polar surface area (TPSA) is 48.4 Å². The molecule has 0 saturated carbocycles. The predicted molar refractivity (Wildman–Crippen MR) is 119 cm³/mol. The summed E-state index contributed by atoms with van der Waals surface area (Å²) in [4.78, 5) is 6.54. The van der Waals surface area contributed by atoms with Gasteiger partial charge in [0.2, 0.25) is 0 Å². The Labute approximate surface area is 181 Å². The van der Waals surface area contributed by atoms with Crippen LogP contribution in [0.3, 0.4) is 0 Å². The molecular formula is C24H28ClN2O3+. The lowest BCUT2D eigenvalue weighted by Gasteiger charge is -2.23. The van der Waals surface area contributed by atoms with Crippen LogP contribution in [0.25, 0.3) is 22.3 Å². The Kier molecular flexibility index (Phi) is 7.05. The minimum Gasteiger partial charge on any atom is -0.494 e. The first kappa shape index (κ1) is 20.9. The van der Waals surface area contributed by atoms with Crippen LogP contribution in [0.1, 0.15) is 13.3 Å². The van der Waals surface area contributed by atoms with Gasteiger partial charge in [-0.3, -0.25) is 4.99 Å². The van der Waals surface area contributed by atoms with E-state index in [0.29, 0.717) is 11.6 Å². The van der Waals surface area contributed by atoms with Crippen molar-refractivity contribution < 1.29 is 18.8 Å². The van der Waals surface area contributed by atoms with Gasteiger partial charge in [0.15, 0.2) is 0 Å². The second-order valence-corrected chi connectivity index (χ2v) is 7.88. The highest BCUT2D eigenvalue weighted by Gasteiger charge is 2.13. The lowest BCUT2D eigenvalue weighted by Crippen LogP contribution is -3.14. The van der Waals surface area contributed by atoms with Crippen molar-refractivity contribution in [2.24, 2.45) is 4.99 Å². The molecule has 0 atom stereocenters. The summed E-state index contributed by atoms with van der Waals surface area (Å²) in [6.45, 7) is 8.41. The monoisotopic (exact) mass is 427 g/mol. The Balaban J connectivity index is 1.64. The first-order valence-corrected chi connectivity index (χ1v) is 11.0. The van der Waals surface area contributed by atoms with Gasteiger partial charge in [-0.1, -0.05) is 11.6 Å². The molecular weight excluding hydrogens is 400 g/mol. The van der Waals surface area contributed by atoms with E-state index >= 15 is 0 Å². The summed E-state index contributed by atoms with van der Waals surface area (Å²) in [7, 11) is 0. The number of fused-ring (bicyclic) bond motifs is 1. The molecule has 5 nitrogen and oxygen atoms in total. The van der Waals surface area contributed by atoms with Gasteiger partial charge in [-0.05, 0) is 49.4 Å². The molecule has 0 amide bonds. The van der Waals surface area contributed by atoms with E-state index in [0.717, 1.165) is 79.2 Å². The fraction of sp³-hybridized carbons (Fsp3) is 0.375. The van der Waals surface area contributed by atoms with Crippen LogP contribution in [-0.2, 0) is 4.74 Å². The highest BCUT2D eigenvalue weighted by atomic mass is 35.5. The third-order valence-corrected chi connectivity index (χ3v) is 5.58. The second-order valence-electron chi connectivity index (χ2n) is 7.44. The van der Waals surface area contributed by atoms with Crippen LogP contribution < -0.4 is 15.0 Å².